The third-order valence-electron chi connectivity index (χ3n) is 4.25. The number of nitrogens with one attached hydrogen (secondary N) is 1. The molecule has 170 valence electrons. The highest BCUT2D eigenvalue weighted by molar-refractivity contribution is 6.06. The van der Waals surface area contributed by atoms with Crippen LogP contribution in [0, 0.1) is 0 Å². The molecule has 1 amide bonds. The SMILES string of the molecule is C\C=C/C(=C\C(=C\C)N=Nc1ccc(C(=O)Nc2cc(C(=O)O)cc(C(=O)O)c2)cc1)OC. The Morgan fingerprint density at radius 1 is 0.939 bits per heavy atom. The van der Waals surface area contributed by atoms with Gasteiger partial charge in [0.25, 0.3) is 5.91 Å². The van der Waals surface area contributed by atoms with E-state index in [9.17, 15) is 14.4 Å². The monoisotopic (exact) mass is 449 g/mol. The fraction of sp³-hybridized carbons (Fsp3) is 0.125. The van der Waals surface area contributed by atoms with Gasteiger partial charge in [0.05, 0.1) is 29.6 Å². The second-order valence-corrected chi connectivity index (χ2v) is 6.57. The van der Waals surface area contributed by atoms with Crippen LogP contribution >= 0.6 is 0 Å². The molecule has 0 saturated heterocycles. The Hall–Kier alpha value is -4.53. The zero-order valence-electron chi connectivity index (χ0n) is 18.3. The summed E-state index contributed by atoms with van der Waals surface area (Å²) < 4.78 is 5.23. The van der Waals surface area contributed by atoms with Gasteiger partial charge < -0.3 is 20.3 Å². The van der Waals surface area contributed by atoms with Crippen molar-refractivity contribution in [1.29, 1.82) is 0 Å². The maximum Gasteiger partial charge on any atom is 0.335 e. The number of methoxy groups -OCH3 is 1. The van der Waals surface area contributed by atoms with Crippen molar-refractivity contribution in [2.45, 2.75) is 13.8 Å². The fourth-order valence-electron chi connectivity index (χ4n) is 2.60. The number of allylic oxidation sites excluding steroid dienone is 4. The van der Waals surface area contributed by atoms with E-state index in [1.807, 2.05) is 19.9 Å². The summed E-state index contributed by atoms with van der Waals surface area (Å²) in [5.41, 5.74) is 0.916. The number of nitrogens with zero attached hydrogens (tertiary/aromatic N) is 2. The van der Waals surface area contributed by atoms with Crippen molar-refractivity contribution in [1.82, 2.24) is 0 Å². The number of hydrogen-bond acceptors (Lipinski definition) is 6. The van der Waals surface area contributed by atoms with Crippen molar-refractivity contribution < 1.29 is 29.3 Å². The van der Waals surface area contributed by atoms with Crippen LogP contribution in [-0.2, 0) is 4.74 Å². The molecule has 0 radical (unpaired) electrons. The number of rotatable bonds is 9. The topological polar surface area (TPSA) is 138 Å². The number of carboxylic acids is 2. The Morgan fingerprint density at radius 2 is 1.55 bits per heavy atom. The van der Waals surface area contributed by atoms with Crippen LogP contribution in [0.4, 0.5) is 11.4 Å². The third-order valence-corrected chi connectivity index (χ3v) is 4.25. The smallest absolute Gasteiger partial charge is 0.335 e. The molecule has 2 aromatic rings. The van der Waals surface area contributed by atoms with Crippen molar-refractivity contribution >= 4 is 29.2 Å². The maximum atomic E-state index is 12.5. The number of hydrogen-bond donors (Lipinski definition) is 3. The number of amides is 1. The number of carboxylic acid groups (broad SMARTS) is 2. The molecule has 0 aliphatic carbocycles. The van der Waals surface area contributed by atoms with E-state index in [4.69, 9.17) is 14.9 Å². The molecule has 9 nitrogen and oxygen atoms in total. The summed E-state index contributed by atoms with van der Waals surface area (Å²) in [6, 6.07) is 9.61. The van der Waals surface area contributed by atoms with Crippen LogP contribution in [0.15, 0.2) is 88.5 Å². The lowest BCUT2D eigenvalue weighted by atomic mass is 10.1. The third kappa shape index (κ3) is 7.28. The number of carbonyl (C=O) groups excluding carboxylic acids is 1. The molecule has 2 aromatic carbocycles. The molecule has 0 aliphatic heterocycles. The molecule has 0 heterocycles. The Morgan fingerprint density at radius 3 is 2.03 bits per heavy atom. The van der Waals surface area contributed by atoms with E-state index >= 15 is 0 Å². The first-order chi connectivity index (χ1) is 15.8. The summed E-state index contributed by atoms with van der Waals surface area (Å²) in [5.74, 6) is -2.52. The summed E-state index contributed by atoms with van der Waals surface area (Å²) in [4.78, 5) is 35.0. The molecule has 3 N–H and O–H groups in total. The quantitative estimate of drug-likeness (QED) is 0.265. The first-order valence-electron chi connectivity index (χ1n) is 9.77. The standard InChI is InChI=1S/C24H23N3O6/c1-4-6-21(33-3)14-18(5-2)26-27-19-9-7-15(8-10-19)22(28)25-20-12-16(23(29)30)11-17(13-20)24(31)32/h4-14H,1-3H3,(H,25,28)(H,29,30)(H,31,32)/b6-4-,18-5-,21-14+,27-26?. The Bertz CT molecular complexity index is 1130. The Balaban J connectivity index is 2.17. The molecule has 0 atom stereocenters. The number of carbonyl (C=O) groups is 3. The summed E-state index contributed by atoms with van der Waals surface area (Å²) in [6.07, 6.45) is 7.12. The van der Waals surface area contributed by atoms with E-state index in [-0.39, 0.29) is 22.4 Å². The van der Waals surface area contributed by atoms with Crippen LogP contribution in [-0.4, -0.2) is 35.2 Å². The minimum absolute atomic E-state index is 0.0562. The van der Waals surface area contributed by atoms with Gasteiger partial charge in [-0.05, 0) is 62.4 Å². The molecule has 9 heteroatoms. The molecule has 0 aromatic heterocycles. The highest BCUT2D eigenvalue weighted by Crippen LogP contribution is 2.19. The van der Waals surface area contributed by atoms with Gasteiger partial charge in [0.2, 0.25) is 0 Å². The summed E-state index contributed by atoms with van der Waals surface area (Å²) in [5, 5.41) is 29.1. The Labute approximate surface area is 190 Å². The number of ether oxygens (including phenoxy) is 1. The van der Waals surface area contributed by atoms with Gasteiger partial charge in [-0.1, -0.05) is 12.2 Å². The second-order valence-electron chi connectivity index (χ2n) is 6.57. The minimum Gasteiger partial charge on any atom is -0.497 e. The van der Waals surface area contributed by atoms with Gasteiger partial charge in [0.1, 0.15) is 5.76 Å². The van der Waals surface area contributed by atoms with Crippen LogP contribution in [0.2, 0.25) is 0 Å². The van der Waals surface area contributed by atoms with Crippen LogP contribution in [0.25, 0.3) is 0 Å². The van der Waals surface area contributed by atoms with Crippen molar-refractivity contribution in [3.63, 3.8) is 0 Å². The molecule has 0 saturated carbocycles. The lowest BCUT2D eigenvalue weighted by Gasteiger charge is -2.08. The molecule has 0 bridgehead atoms. The maximum absolute atomic E-state index is 12.5. The van der Waals surface area contributed by atoms with Gasteiger partial charge in [-0.15, -0.1) is 0 Å². The van der Waals surface area contributed by atoms with Crippen LogP contribution in [0.5, 0.6) is 0 Å². The van der Waals surface area contributed by atoms with Gasteiger partial charge in [0.15, 0.2) is 0 Å². The predicted molar refractivity (Wildman–Crippen MR) is 123 cm³/mol. The van der Waals surface area contributed by atoms with E-state index in [2.05, 4.69) is 15.5 Å². The van der Waals surface area contributed by atoms with E-state index in [1.165, 1.54) is 24.3 Å². The average Bonchev–Trinajstić information content (AvgIpc) is 2.81. The molecule has 0 spiro atoms. The van der Waals surface area contributed by atoms with Crippen LogP contribution in [0.1, 0.15) is 44.9 Å². The zero-order valence-corrected chi connectivity index (χ0v) is 18.3. The fourth-order valence-corrected chi connectivity index (χ4v) is 2.60. The predicted octanol–water partition coefficient (Wildman–Crippen LogP) is 5.43. The molecule has 0 aliphatic rings. The van der Waals surface area contributed by atoms with E-state index < -0.39 is 17.8 Å². The first-order valence-corrected chi connectivity index (χ1v) is 9.77. The molecular weight excluding hydrogens is 426 g/mol. The minimum atomic E-state index is -1.30. The van der Waals surface area contributed by atoms with Gasteiger partial charge in [-0.25, -0.2) is 9.59 Å². The number of azo groups is 1. The lowest BCUT2D eigenvalue weighted by Crippen LogP contribution is -2.13. The van der Waals surface area contributed by atoms with Crippen molar-refractivity contribution in [3.8, 4) is 0 Å². The highest BCUT2D eigenvalue weighted by Gasteiger charge is 2.13. The molecule has 33 heavy (non-hydrogen) atoms. The van der Waals surface area contributed by atoms with Gasteiger partial charge in [-0.3, -0.25) is 4.79 Å². The number of anilines is 1. The van der Waals surface area contributed by atoms with E-state index in [0.717, 1.165) is 6.07 Å². The van der Waals surface area contributed by atoms with E-state index in [0.29, 0.717) is 17.1 Å². The van der Waals surface area contributed by atoms with Crippen molar-refractivity contribution in [2.75, 3.05) is 12.4 Å². The van der Waals surface area contributed by atoms with Gasteiger partial charge in [0, 0.05) is 17.3 Å². The first kappa shape index (κ1) is 24.7. The van der Waals surface area contributed by atoms with Gasteiger partial charge in [-0.2, -0.15) is 10.2 Å². The van der Waals surface area contributed by atoms with Gasteiger partial charge >= 0.3 is 11.9 Å². The summed E-state index contributed by atoms with van der Waals surface area (Å²) >= 11 is 0. The normalized spacial score (nSPS) is 12.2. The van der Waals surface area contributed by atoms with Crippen LogP contribution < -0.4 is 5.32 Å². The lowest BCUT2D eigenvalue weighted by molar-refractivity contribution is 0.0696. The zero-order chi connectivity index (χ0) is 24.4. The highest BCUT2D eigenvalue weighted by atomic mass is 16.5. The Kier molecular flexibility index (Phi) is 8.81. The molecular formula is C24H23N3O6. The number of aromatic carboxylic acids is 2. The van der Waals surface area contributed by atoms with Crippen molar-refractivity contribution in [2.24, 2.45) is 10.2 Å². The number of benzene rings is 2. The molecule has 2 rings (SSSR count). The van der Waals surface area contributed by atoms with Crippen molar-refractivity contribution in [3.05, 3.63) is 94.9 Å². The van der Waals surface area contributed by atoms with E-state index in [1.54, 1.807) is 37.5 Å². The van der Waals surface area contributed by atoms with Crippen LogP contribution in [0.3, 0.4) is 0 Å². The molecule has 0 unspecified atom stereocenters. The second kappa shape index (κ2) is 11.8. The largest absolute Gasteiger partial charge is 0.497 e. The summed E-state index contributed by atoms with van der Waals surface area (Å²) in [6.45, 7) is 3.69. The molecule has 0 fully saturated rings. The summed E-state index contributed by atoms with van der Waals surface area (Å²) in [7, 11) is 1.56. The average molecular weight is 449 g/mol.